The first-order chi connectivity index (χ1) is 8.14. The molecule has 0 saturated carbocycles. The quantitative estimate of drug-likeness (QED) is 0.714. The molecule has 7 heteroatoms. The van der Waals surface area contributed by atoms with E-state index in [2.05, 4.69) is 0 Å². The van der Waals surface area contributed by atoms with Crippen LogP contribution in [0.1, 0.15) is 27.2 Å². The van der Waals surface area contributed by atoms with Gasteiger partial charge in [-0.05, 0) is 27.2 Å². The number of ether oxygens (including phenoxy) is 1. The van der Waals surface area contributed by atoms with Crippen molar-refractivity contribution in [1.29, 1.82) is 0 Å². The van der Waals surface area contributed by atoms with Crippen LogP contribution in [0.15, 0.2) is 12.2 Å². The minimum absolute atomic E-state index is 0.287. The lowest BCUT2D eigenvalue weighted by molar-refractivity contribution is 0.0412. The number of carbonyl (C=O) groups is 1. The highest BCUT2D eigenvalue weighted by molar-refractivity contribution is 7.87. The Morgan fingerprint density at radius 3 is 2.39 bits per heavy atom. The monoisotopic (exact) mass is 276 g/mol. The highest BCUT2D eigenvalue weighted by atomic mass is 32.2. The van der Waals surface area contributed by atoms with Crippen molar-refractivity contribution in [2.45, 2.75) is 32.8 Å². The Balaban J connectivity index is 2.78. The molecule has 0 fully saturated rings. The Morgan fingerprint density at radius 2 is 1.94 bits per heavy atom. The van der Waals surface area contributed by atoms with Crippen molar-refractivity contribution in [2.24, 2.45) is 0 Å². The third kappa shape index (κ3) is 3.71. The molecule has 1 amide bonds. The smallest absolute Gasteiger partial charge is 0.424 e. The number of hydrogen-bond acceptors (Lipinski definition) is 4. The summed E-state index contributed by atoms with van der Waals surface area (Å²) < 4.78 is 31.2. The fraction of sp³-hybridized carbons (Fsp3) is 0.727. The molecule has 0 N–H and O–H groups in total. The molecule has 0 aliphatic carbocycles. The maximum atomic E-state index is 12.1. The van der Waals surface area contributed by atoms with Gasteiger partial charge in [0.05, 0.1) is 0 Å². The molecule has 0 spiro atoms. The fourth-order valence-corrected chi connectivity index (χ4v) is 2.61. The van der Waals surface area contributed by atoms with E-state index in [9.17, 15) is 13.2 Å². The van der Waals surface area contributed by atoms with Gasteiger partial charge in [-0.2, -0.15) is 17.0 Å². The second-order valence-electron chi connectivity index (χ2n) is 5.07. The predicted octanol–water partition coefficient (Wildman–Crippen LogP) is 1.36. The molecule has 18 heavy (non-hydrogen) atoms. The topological polar surface area (TPSA) is 66.9 Å². The lowest BCUT2D eigenvalue weighted by Crippen LogP contribution is -2.47. The van der Waals surface area contributed by atoms with Crippen LogP contribution in [0.5, 0.6) is 0 Å². The third-order valence-corrected chi connectivity index (χ3v) is 4.17. The molecule has 0 aromatic carbocycles. The number of amides is 1. The second-order valence-corrected chi connectivity index (χ2v) is 7.03. The standard InChI is InChI=1S/C11H20N2O4S/c1-11(2,3)17-10(14)12(4)18(15,16)13-8-6-5-7-9-13/h5-6H,7-9H2,1-4H3. The normalized spacial score (nSPS) is 17.6. The van der Waals surface area contributed by atoms with Crippen molar-refractivity contribution < 1.29 is 17.9 Å². The zero-order valence-corrected chi connectivity index (χ0v) is 12.0. The van der Waals surface area contributed by atoms with E-state index in [1.54, 1.807) is 26.8 Å². The Hall–Kier alpha value is -1.08. The molecule has 0 radical (unpaired) electrons. The second kappa shape index (κ2) is 5.27. The van der Waals surface area contributed by atoms with Crippen molar-refractivity contribution in [3.8, 4) is 0 Å². The van der Waals surface area contributed by atoms with Crippen molar-refractivity contribution in [3.05, 3.63) is 12.2 Å². The van der Waals surface area contributed by atoms with E-state index in [1.807, 2.05) is 6.08 Å². The number of nitrogens with zero attached hydrogens (tertiary/aromatic N) is 2. The van der Waals surface area contributed by atoms with E-state index < -0.39 is 21.9 Å². The maximum Gasteiger partial charge on any atom is 0.424 e. The van der Waals surface area contributed by atoms with Crippen LogP contribution in [0.2, 0.25) is 0 Å². The lowest BCUT2D eigenvalue weighted by Gasteiger charge is -2.29. The number of hydrogen-bond donors (Lipinski definition) is 0. The van der Waals surface area contributed by atoms with Crippen LogP contribution in [0, 0.1) is 0 Å². The van der Waals surface area contributed by atoms with Crippen LogP contribution in [-0.4, -0.2) is 48.9 Å². The molecule has 1 aliphatic rings. The van der Waals surface area contributed by atoms with E-state index >= 15 is 0 Å². The lowest BCUT2D eigenvalue weighted by atomic mass is 10.2. The molecular formula is C11H20N2O4S. The van der Waals surface area contributed by atoms with Gasteiger partial charge < -0.3 is 4.74 Å². The summed E-state index contributed by atoms with van der Waals surface area (Å²) in [6, 6.07) is 0. The first kappa shape index (κ1) is 15.0. The summed E-state index contributed by atoms with van der Waals surface area (Å²) in [4.78, 5) is 11.7. The molecule has 104 valence electrons. The summed E-state index contributed by atoms with van der Waals surface area (Å²) in [5.74, 6) is 0. The van der Waals surface area contributed by atoms with Gasteiger partial charge in [-0.3, -0.25) is 0 Å². The van der Waals surface area contributed by atoms with Crippen LogP contribution in [0.4, 0.5) is 4.79 Å². The minimum Gasteiger partial charge on any atom is -0.443 e. The first-order valence-electron chi connectivity index (χ1n) is 5.76. The Labute approximate surface area is 108 Å². The number of rotatable bonds is 2. The van der Waals surface area contributed by atoms with Gasteiger partial charge in [-0.15, -0.1) is 0 Å². The van der Waals surface area contributed by atoms with E-state index in [4.69, 9.17) is 4.74 Å². The zero-order valence-electron chi connectivity index (χ0n) is 11.2. The van der Waals surface area contributed by atoms with Gasteiger partial charge in [0.2, 0.25) is 0 Å². The van der Waals surface area contributed by atoms with Gasteiger partial charge in [-0.25, -0.2) is 4.79 Å². The van der Waals surface area contributed by atoms with E-state index in [1.165, 1.54) is 11.4 Å². The molecule has 6 nitrogen and oxygen atoms in total. The number of carbonyl (C=O) groups excluding carboxylic acids is 1. The van der Waals surface area contributed by atoms with Crippen LogP contribution in [-0.2, 0) is 14.9 Å². The minimum atomic E-state index is -3.79. The van der Waals surface area contributed by atoms with Crippen molar-refractivity contribution in [3.63, 3.8) is 0 Å². The summed E-state index contributed by atoms with van der Waals surface area (Å²) in [7, 11) is -2.58. The molecule has 1 aliphatic heterocycles. The summed E-state index contributed by atoms with van der Waals surface area (Å²) >= 11 is 0. The average molecular weight is 276 g/mol. The van der Waals surface area contributed by atoms with Crippen LogP contribution < -0.4 is 0 Å². The summed E-state index contributed by atoms with van der Waals surface area (Å²) in [5.41, 5.74) is -0.720. The summed E-state index contributed by atoms with van der Waals surface area (Å²) in [6.07, 6.45) is 3.47. The Kier molecular flexibility index (Phi) is 4.39. The first-order valence-corrected chi connectivity index (χ1v) is 7.16. The average Bonchev–Trinajstić information content (AvgIpc) is 2.27. The largest absolute Gasteiger partial charge is 0.443 e. The van der Waals surface area contributed by atoms with Gasteiger partial charge in [0.15, 0.2) is 0 Å². The van der Waals surface area contributed by atoms with Crippen LogP contribution >= 0.6 is 0 Å². The van der Waals surface area contributed by atoms with Gasteiger partial charge in [0.25, 0.3) is 0 Å². The van der Waals surface area contributed by atoms with Crippen molar-refractivity contribution >= 4 is 16.3 Å². The molecule has 0 bridgehead atoms. The van der Waals surface area contributed by atoms with Crippen LogP contribution in [0.25, 0.3) is 0 Å². The molecule has 0 aromatic heterocycles. The Bertz CT molecular complexity index is 436. The highest BCUT2D eigenvalue weighted by Crippen LogP contribution is 2.15. The third-order valence-electron chi connectivity index (χ3n) is 2.34. The van der Waals surface area contributed by atoms with Crippen molar-refractivity contribution in [2.75, 3.05) is 20.1 Å². The van der Waals surface area contributed by atoms with E-state index in [-0.39, 0.29) is 6.54 Å². The summed E-state index contributed by atoms with van der Waals surface area (Å²) in [5, 5.41) is 0. The van der Waals surface area contributed by atoms with Crippen LogP contribution in [0.3, 0.4) is 0 Å². The summed E-state index contributed by atoms with van der Waals surface area (Å²) in [6.45, 7) is 5.74. The van der Waals surface area contributed by atoms with E-state index in [0.29, 0.717) is 17.3 Å². The highest BCUT2D eigenvalue weighted by Gasteiger charge is 2.33. The van der Waals surface area contributed by atoms with Crippen molar-refractivity contribution in [1.82, 2.24) is 8.61 Å². The Morgan fingerprint density at radius 1 is 1.33 bits per heavy atom. The molecule has 1 rings (SSSR count). The maximum absolute atomic E-state index is 12.1. The predicted molar refractivity (Wildman–Crippen MR) is 68.2 cm³/mol. The van der Waals surface area contributed by atoms with Gasteiger partial charge in [-0.1, -0.05) is 12.2 Å². The molecule has 0 unspecified atom stereocenters. The SMILES string of the molecule is CN(C(=O)OC(C)(C)C)S(=O)(=O)N1CC=CCC1. The fourth-order valence-electron chi connectivity index (χ4n) is 1.42. The van der Waals surface area contributed by atoms with Gasteiger partial charge in [0.1, 0.15) is 5.60 Å². The molecule has 0 saturated heterocycles. The zero-order chi connectivity index (χ0) is 14.0. The molecular weight excluding hydrogens is 256 g/mol. The molecule has 1 heterocycles. The van der Waals surface area contributed by atoms with Gasteiger partial charge >= 0.3 is 16.3 Å². The molecule has 0 aromatic rings. The van der Waals surface area contributed by atoms with Gasteiger partial charge in [0, 0.05) is 20.1 Å². The van der Waals surface area contributed by atoms with E-state index in [0.717, 1.165) is 0 Å². The molecule has 0 atom stereocenters.